The predicted octanol–water partition coefficient (Wildman–Crippen LogP) is 2.73. The third kappa shape index (κ3) is 2.43. The average Bonchev–Trinajstić information content (AvgIpc) is 3.29. The molecule has 0 bridgehead atoms. The second kappa shape index (κ2) is 5.29. The van der Waals surface area contributed by atoms with Crippen molar-refractivity contribution in [2.45, 2.75) is 25.9 Å². The van der Waals surface area contributed by atoms with Gasteiger partial charge in [-0.2, -0.15) is 0 Å². The molecule has 0 aliphatic heterocycles. The number of nitrogens with one attached hydrogen (secondary N) is 1. The molecule has 1 fully saturated rings. The van der Waals surface area contributed by atoms with Crippen LogP contribution >= 0.6 is 0 Å². The van der Waals surface area contributed by atoms with Gasteiger partial charge in [0.2, 0.25) is 0 Å². The molecule has 20 heavy (non-hydrogen) atoms. The Bertz CT molecular complexity index is 623. The summed E-state index contributed by atoms with van der Waals surface area (Å²) in [4.78, 5) is 4.46. The Kier molecular flexibility index (Phi) is 3.49. The minimum absolute atomic E-state index is 0.261. The van der Waals surface area contributed by atoms with E-state index in [2.05, 4.69) is 10.3 Å². The highest BCUT2D eigenvalue weighted by Crippen LogP contribution is 2.34. The number of fused-ring (bicyclic) bond motifs is 1. The summed E-state index contributed by atoms with van der Waals surface area (Å²) >= 11 is 0. The topological polar surface area (TPSA) is 54.4 Å². The van der Waals surface area contributed by atoms with Crippen molar-refractivity contribution in [3.63, 3.8) is 0 Å². The zero-order valence-electron chi connectivity index (χ0n) is 11.9. The van der Waals surface area contributed by atoms with Crippen molar-refractivity contribution in [1.29, 1.82) is 0 Å². The Morgan fingerprint density at radius 1 is 1.45 bits per heavy atom. The van der Waals surface area contributed by atoms with Crippen molar-refractivity contribution in [3.05, 3.63) is 30.0 Å². The fourth-order valence-corrected chi connectivity index (χ4v) is 2.55. The minimum Gasteiger partial charge on any atom is -0.494 e. The number of pyridine rings is 1. The Balaban J connectivity index is 1.93. The standard InChI is InChI=1S/C16H20N2O2/c1-10-8-17-16-12(4-3-5-14(16)20-2)15(10)18-9-13(19)11-6-7-11/h3-5,8,11,13,19H,6-7,9H2,1-2H3,(H,17,18). The number of aryl methyl sites for hydroxylation is 1. The first-order chi connectivity index (χ1) is 9.70. The van der Waals surface area contributed by atoms with Gasteiger partial charge in [0.25, 0.3) is 0 Å². The third-order valence-corrected chi connectivity index (χ3v) is 3.92. The normalized spacial score (nSPS) is 16.1. The molecule has 1 aromatic carbocycles. The molecule has 2 N–H and O–H groups in total. The Morgan fingerprint density at radius 3 is 2.95 bits per heavy atom. The molecule has 4 nitrogen and oxygen atoms in total. The Labute approximate surface area is 118 Å². The van der Waals surface area contributed by atoms with Crippen LogP contribution in [0.3, 0.4) is 0 Å². The molecule has 0 radical (unpaired) electrons. The number of aliphatic hydroxyl groups excluding tert-OH is 1. The Hall–Kier alpha value is -1.81. The molecular formula is C16H20N2O2. The molecule has 0 saturated heterocycles. The first-order valence-corrected chi connectivity index (χ1v) is 7.05. The van der Waals surface area contributed by atoms with E-state index in [1.165, 1.54) is 0 Å². The van der Waals surface area contributed by atoms with Crippen LogP contribution < -0.4 is 10.1 Å². The van der Waals surface area contributed by atoms with Crippen LogP contribution in [0.5, 0.6) is 5.75 Å². The second-order valence-corrected chi connectivity index (χ2v) is 5.46. The zero-order chi connectivity index (χ0) is 14.1. The summed E-state index contributed by atoms with van der Waals surface area (Å²) in [5, 5.41) is 14.4. The molecule has 1 atom stereocenters. The number of aromatic nitrogens is 1. The summed E-state index contributed by atoms with van der Waals surface area (Å²) in [6.45, 7) is 2.61. The third-order valence-electron chi connectivity index (χ3n) is 3.92. The number of rotatable bonds is 5. The van der Waals surface area contributed by atoms with Gasteiger partial charge in [-0.25, -0.2) is 0 Å². The van der Waals surface area contributed by atoms with Crippen LogP contribution in [-0.2, 0) is 0 Å². The van der Waals surface area contributed by atoms with Gasteiger partial charge in [-0.3, -0.25) is 4.98 Å². The number of ether oxygens (including phenoxy) is 1. The van der Waals surface area contributed by atoms with Gasteiger partial charge in [-0.1, -0.05) is 12.1 Å². The van der Waals surface area contributed by atoms with Gasteiger partial charge in [-0.15, -0.1) is 0 Å². The monoisotopic (exact) mass is 272 g/mol. The molecule has 1 aliphatic rings. The van der Waals surface area contributed by atoms with E-state index in [1.807, 2.05) is 31.3 Å². The van der Waals surface area contributed by atoms with E-state index in [9.17, 15) is 5.11 Å². The van der Waals surface area contributed by atoms with E-state index >= 15 is 0 Å². The molecule has 4 heteroatoms. The number of para-hydroxylation sites is 1. The van der Waals surface area contributed by atoms with Crippen LogP contribution in [0, 0.1) is 12.8 Å². The first-order valence-electron chi connectivity index (χ1n) is 7.05. The fraction of sp³-hybridized carbons (Fsp3) is 0.438. The molecule has 1 aliphatic carbocycles. The highest BCUT2D eigenvalue weighted by atomic mass is 16.5. The van der Waals surface area contributed by atoms with Crippen LogP contribution in [0.25, 0.3) is 10.9 Å². The van der Waals surface area contributed by atoms with Gasteiger partial charge < -0.3 is 15.2 Å². The van der Waals surface area contributed by atoms with Gasteiger partial charge in [-0.05, 0) is 37.3 Å². The number of methoxy groups -OCH3 is 1. The van der Waals surface area contributed by atoms with Crippen LogP contribution in [0.15, 0.2) is 24.4 Å². The quantitative estimate of drug-likeness (QED) is 0.878. The van der Waals surface area contributed by atoms with E-state index < -0.39 is 0 Å². The largest absolute Gasteiger partial charge is 0.494 e. The summed E-state index contributed by atoms with van der Waals surface area (Å²) in [6.07, 6.45) is 3.87. The lowest BCUT2D eigenvalue weighted by molar-refractivity contribution is 0.164. The maximum absolute atomic E-state index is 10.0. The lowest BCUT2D eigenvalue weighted by Gasteiger charge is -2.16. The van der Waals surface area contributed by atoms with E-state index in [1.54, 1.807) is 7.11 Å². The predicted molar refractivity (Wildman–Crippen MR) is 80.3 cm³/mol. The molecule has 1 aromatic heterocycles. The molecular weight excluding hydrogens is 252 g/mol. The van der Waals surface area contributed by atoms with Crippen molar-refractivity contribution in [1.82, 2.24) is 4.98 Å². The van der Waals surface area contributed by atoms with Crippen LogP contribution in [-0.4, -0.2) is 29.8 Å². The SMILES string of the molecule is COc1cccc2c(NCC(O)C3CC3)c(C)cnc12. The van der Waals surface area contributed by atoms with E-state index in [0.29, 0.717) is 12.5 Å². The maximum Gasteiger partial charge on any atom is 0.145 e. The van der Waals surface area contributed by atoms with Crippen molar-refractivity contribution < 1.29 is 9.84 Å². The lowest BCUT2D eigenvalue weighted by Crippen LogP contribution is -2.21. The molecule has 106 valence electrons. The number of hydrogen-bond donors (Lipinski definition) is 2. The molecule has 0 spiro atoms. The van der Waals surface area contributed by atoms with Crippen molar-refractivity contribution in [3.8, 4) is 5.75 Å². The summed E-state index contributed by atoms with van der Waals surface area (Å²) < 4.78 is 5.36. The number of hydrogen-bond acceptors (Lipinski definition) is 4. The second-order valence-electron chi connectivity index (χ2n) is 5.46. The van der Waals surface area contributed by atoms with Crippen molar-refractivity contribution >= 4 is 16.6 Å². The smallest absolute Gasteiger partial charge is 0.145 e. The highest BCUT2D eigenvalue weighted by molar-refractivity contribution is 5.96. The van der Waals surface area contributed by atoms with Crippen LogP contribution in [0.2, 0.25) is 0 Å². The average molecular weight is 272 g/mol. The fourth-order valence-electron chi connectivity index (χ4n) is 2.55. The van der Waals surface area contributed by atoms with Crippen molar-refractivity contribution in [2.75, 3.05) is 19.0 Å². The molecule has 2 aromatic rings. The first kappa shape index (κ1) is 13.2. The number of benzene rings is 1. The number of nitrogens with zero attached hydrogens (tertiary/aromatic N) is 1. The maximum atomic E-state index is 10.0. The molecule has 1 unspecified atom stereocenters. The van der Waals surface area contributed by atoms with Gasteiger partial charge in [0.15, 0.2) is 0 Å². The van der Waals surface area contributed by atoms with Gasteiger partial charge in [0, 0.05) is 23.8 Å². The van der Waals surface area contributed by atoms with Crippen LogP contribution in [0.4, 0.5) is 5.69 Å². The summed E-state index contributed by atoms with van der Waals surface area (Å²) in [5.74, 6) is 1.25. The molecule has 3 rings (SSSR count). The minimum atomic E-state index is -0.261. The van der Waals surface area contributed by atoms with Gasteiger partial charge in [0.05, 0.1) is 13.2 Å². The van der Waals surface area contributed by atoms with Gasteiger partial charge >= 0.3 is 0 Å². The molecule has 1 heterocycles. The van der Waals surface area contributed by atoms with E-state index in [0.717, 1.165) is 40.7 Å². The van der Waals surface area contributed by atoms with E-state index in [-0.39, 0.29) is 6.10 Å². The molecule has 1 saturated carbocycles. The van der Waals surface area contributed by atoms with Gasteiger partial charge in [0.1, 0.15) is 11.3 Å². The summed E-state index contributed by atoms with van der Waals surface area (Å²) in [5.41, 5.74) is 2.96. The van der Waals surface area contributed by atoms with E-state index in [4.69, 9.17) is 4.74 Å². The summed E-state index contributed by atoms with van der Waals surface area (Å²) in [6, 6.07) is 5.90. The van der Waals surface area contributed by atoms with Crippen molar-refractivity contribution in [2.24, 2.45) is 5.92 Å². The van der Waals surface area contributed by atoms with Crippen LogP contribution in [0.1, 0.15) is 18.4 Å². The number of anilines is 1. The zero-order valence-corrected chi connectivity index (χ0v) is 11.9. The Morgan fingerprint density at radius 2 is 2.25 bits per heavy atom. The lowest BCUT2D eigenvalue weighted by atomic mass is 10.1. The summed E-state index contributed by atoms with van der Waals surface area (Å²) in [7, 11) is 1.65. The highest BCUT2D eigenvalue weighted by Gasteiger charge is 2.29. The number of aliphatic hydroxyl groups is 1. The molecule has 0 amide bonds.